The van der Waals surface area contributed by atoms with Gasteiger partial charge in [0.25, 0.3) is 0 Å². The van der Waals surface area contributed by atoms with Crippen LogP contribution >= 0.6 is 0 Å². The molecule has 10 heteroatoms. The molecule has 0 radical (unpaired) electrons. The Bertz CT molecular complexity index is 1500. The maximum atomic E-state index is 12.7. The fraction of sp³-hybridized carbons (Fsp3) is 0.125. The lowest BCUT2D eigenvalue weighted by molar-refractivity contribution is -0.138. The molecule has 0 amide bonds. The third kappa shape index (κ3) is 9.79. The van der Waals surface area contributed by atoms with Gasteiger partial charge in [-0.15, -0.1) is 0 Å². The number of halogens is 8. The molecule has 4 aromatic carbocycles. The minimum Gasteiger partial charge on any atom is -0.294 e. The summed E-state index contributed by atoms with van der Waals surface area (Å²) in [5, 5.41) is 0. The first-order valence-corrected chi connectivity index (χ1v) is 12.3. The molecule has 0 heterocycles. The fourth-order valence-electron chi connectivity index (χ4n) is 3.56. The summed E-state index contributed by atoms with van der Waals surface area (Å²) in [6, 6.07) is 19.4. The van der Waals surface area contributed by atoms with Crippen LogP contribution in [0.5, 0.6) is 0 Å². The van der Waals surface area contributed by atoms with E-state index in [0.29, 0.717) is 12.0 Å². The van der Waals surface area contributed by atoms with Gasteiger partial charge >= 0.3 is 12.4 Å². The second kappa shape index (κ2) is 13.8. The van der Waals surface area contributed by atoms with E-state index in [1.54, 1.807) is 12.1 Å². The molecule has 2 nitrogen and oxygen atoms in total. The summed E-state index contributed by atoms with van der Waals surface area (Å²) in [7, 11) is 0. The highest BCUT2D eigenvalue weighted by molar-refractivity contribution is 6.06. The molecule has 0 fully saturated rings. The van der Waals surface area contributed by atoms with Gasteiger partial charge < -0.3 is 0 Å². The summed E-state index contributed by atoms with van der Waals surface area (Å²) < 4.78 is 99.8. The van der Waals surface area contributed by atoms with Gasteiger partial charge in [0.15, 0.2) is 11.6 Å². The molecule has 0 saturated heterocycles. The highest BCUT2D eigenvalue weighted by Gasteiger charge is 2.31. The van der Waals surface area contributed by atoms with Gasteiger partial charge in [0.1, 0.15) is 11.6 Å². The van der Waals surface area contributed by atoms with Crippen molar-refractivity contribution in [1.29, 1.82) is 0 Å². The molecule has 0 aliphatic heterocycles. The quantitative estimate of drug-likeness (QED) is 0.122. The second-order valence-corrected chi connectivity index (χ2v) is 8.95. The predicted octanol–water partition coefficient (Wildman–Crippen LogP) is 9.40. The maximum Gasteiger partial charge on any atom is 0.416 e. The Morgan fingerprint density at radius 3 is 1.45 bits per heavy atom. The van der Waals surface area contributed by atoms with Crippen molar-refractivity contribution in [2.45, 2.75) is 25.2 Å². The number of aryl methyl sites for hydroxylation is 1. The Balaban J connectivity index is 0.000000230. The predicted molar refractivity (Wildman–Crippen MR) is 142 cm³/mol. The molecular weight excluding hydrogens is 568 g/mol. The number of carbonyl (C=O) groups excluding carboxylic acids is 2. The molecule has 4 aromatic rings. The highest BCUT2D eigenvalue weighted by Crippen LogP contribution is 2.30. The zero-order valence-corrected chi connectivity index (χ0v) is 21.6. The van der Waals surface area contributed by atoms with Crippen molar-refractivity contribution in [3.8, 4) is 0 Å². The van der Waals surface area contributed by atoms with Gasteiger partial charge in [-0.3, -0.25) is 9.59 Å². The molecule has 0 atom stereocenters. The molecule has 0 N–H and O–H groups in total. The van der Waals surface area contributed by atoms with E-state index in [1.807, 2.05) is 0 Å². The van der Waals surface area contributed by atoms with Crippen LogP contribution < -0.4 is 0 Å². The van der Waals surface area contributed by atoms with Gasteiger partial charge in [-0.05, 0) is 72.2 Å². The van der Waals surface area contributed by atoms with Crippen LogP contribution in [0.25, 0.3) is 6.08 Å². The van der Waals surface area contributed by atoms with Crippen LogP contribution in [-0.2, 0) is 18.8 Å². The number of rotatable bonds is 7. The average molecular weight is 591 g/mol. The summed E-state index contributed by atoms with van der Waals surface area (Å²) in [5.41, 5.74) is 0.235. The van der Waals surface area contributed by atoms with Crippen LogP contribution in [-0.4, -0.2) is 11.6 Å². The largest absolute Gasteiger partial charge is 0.416 e. The minimum absolute atomic E-state index is 0.154. The van der Waals surface area contributed by atoms with E-state index in [2.05, 4.69) is 0 Å². The van der Waals surface area contributed by atoms with E-state index >= 15 is 0 Å². The van der Waals surface area contributed by atoms with Crippen LogP contribution in [0.1, 0.15) is 49.4 Å². The van der Waals surface area contributed by atoms with Crippen molar-refractivity contribution in [2.24, 2.45) is 0 Å². The minimum atomic E-state index is -4.43. The van der Waals surface area contributed by atoms with Crippen LogP contribution in [0.4, 0.5) is 35.1 Å². The van der Waals surface area contributed by atoms with Gasteiger partial charge in [0.05, 0.1) is 11.1 Å². The fourth-order valence-corrected chi connectivity index (χ4v) is 3.56. The summed E-state index contributed by atoms with van der Waals surface area (Å²) >= 11 is 0. The van der Waals surface area contributed by atoms with Crippen LogP contribution in [0, 0.1) is 11.6 Å². The molecule has 218 valence electrons. The lowest BCUT2D eigenvalue weighted by atomic mass is 10.0. The van der Waals surface area contributed by atoms with Gasteiger partial charge in [-0.1, -0.05) is 54.6 Å². The first-order chi connectivity index (χ1) is 19.7. The van der Waals surface area contributed by atoms with Gasteiger partial charge in [0, 0.05) is 17.5 Å². The van der Waals surface area contributed by atoms with E-state index in [1.165, 1.54) is 60.7 Å². The van der Waals surface area contributed by atoms with Crippen LogP contribution in [0.3, 0.4) is 0 Å². The number of ketones is 2. The molecule has 42 heavy (non-hydrogen) atoms. The monoisotopic (exact) mass is 590 g/mol. The van der Waals surface area contributed by atoms with Gasteiger partial charge in [-0.25, -0.2) is 8.78 Å². The number of Topliss-reactive ketones (excluding diaryl/α,β-unsaturated/α-hetero) is 1. The third-order valence-electron chi connectivity index (χ3n) is 5.88. The Morgan fingerprint density at radius 2 is 1.00 bits per heavy atom. The average Bonchev–Trinajstić information content (AvgIpc) is 2.96. The Labute approximate surface area is 235 Å². The number of benzene rings is 4. The van der Waals surface area contributed by atoms with Gasteiger partial charge in [-0.2, -0.15) is 26.3 Å². The summed E-state index contributed by atoms with van der Waals surface area (Å²) in [4.78, 5) is 23.7. The summed E-state index contributed by atoms with van der Waals surface area (Å²) in [6.07, 6.45) is -5.55. The lowest BCUT2D eigenvalue weighted by Crippen LogP contribution is -2.06. The SMILES string of the molecule is O=C(C=Cc1ccc(F)cc1)c1ccc(C(F)(F)F)cc1.O=C(CCc1ccc(F)cc1)c1ccc(C(F)(F)F)cc1. The molecular formula is C32H22F8O2. The van der Waals surface area contributed by atoms with Crippen molar-refractivity contribution in [3.05, 3.63) is 148 Å². The molecule has 0 aliphatic rings. The smallest absolute Gasteiger partial charge is 0.294 e. The first-order valence-electron chi connectivity index (χ1n) is 12.3. The zero-order chi connectivity index (χ0) is 30.9. The maximum absolute atomic E-state index is 12.7. The van der Waals surface area contributed by atoms with Crippen molar-refractivity contribution in [1.82, 2.24) is 0 Å². The molecule has 0 saturated carbocycles. The molecule has 4 rings (SSSR count). The Kier molecular flexibility index (Phi) is 10.5. The number of hydrogen-bond donors (Lipinski definition) is 0. The molecule has 0 spiro atoms. The lowest BCUT2D eigenvalue weighted by Gasteiger charge is -2.07. The third-order valence-corrected chi connectivity index (χ3v) is 5.88. The van der Waals surface area contributed by atoms with E-state index in [4.69, 9.17) is 0 Å². The second-order valence-electron chi connectivity index (χ2n) is 8.95. The summed E-state index contributed by atoms with van der Waals surface area (Å²) in [6.45, 7) is 0. The van der Waals surface area contributed by atoms with Crippen molar-refractivity contribution < 1.29 is 44.7 Å². The number of allylic oxidation sites excluding steroid dienone is 1. The van der Waals surface area contributed by atoms with Gasteiger partial charge in [0.2, 0.25) is 0 Å². The highest BCUT2D eigenvalue weighted by atomic mass is 19.4. The van der Waals surface area contributed by atoms with Crippen molar-refractivity contribution in [2.75, 3.05) is 0 Å². The standard InChI is InChI=1S/C16H12F4O.C16H10F4O/c2*17-14-8-1-11(2-9-14)3-10-15(21)12-4-6-13(7-5-12)16(18,19)20/h1-2,4-9H,3,10H2;1-10H. The normalized spacial score (nSPS) is 11.6. The van der Waals surface area contributed by atoms with Crippen LogP contribution in [0.15, 0.2) is 103 Å². The first kappa shape index (κ1) is 31.9. The van der Waals surface area contributed by atoms with Crippen molar-refractivity contribution in [3.63, 3.8) is 0 Å². The van der Waals surface area contributed by atoms with E-state index in [0.717, 1.165) is 42.0 Å². The molecule has 0 aliphatic carbocycles. The molecule has 0 aromatic heterocycles. The zero-order valence-electron chi connectivity index (χ0n) is 21.6. The van der Waals surface area contributed by atoms with E-state index in [-0.39, 0.29) is 35.0 Å². The summed E-state index contributed by atoms with van der Waals surface area (Å²) in [5.74, 6) is -1.41. The number of hydrogen-bond acceptors (Lipinski definition) is 2. The Morgan fingerprint density at radius 1 is 0.571 bits per heavy atom. The van der Waals surface area contributed by atoms with E-state index in [9.17, 15) is 44.7 Å². The topological polar surface area (TPSA) is 34.1 Å². The van der Waals surface area contributed by atoms with Crippen LogP contribution in [0.2, 0.25) is 0 Å². The number of alkyl halides is 6. The molecule has 0 bridgehead atoms. The Hall–Kier alpha value is -4.60. The number of carbonyl (C=O) groups is 2. The molecule has 0 unspecified atom stereocenters. The van der Waals surface area contributed by atoms with E-state index < -0.39 is 29.3 Å². The van der Waals surface area contributed by atoms with Crippen molar-refractivity contribution >= 4 is 17.6 Å².